The molecule has 1 fully saturated rings. The van der Waals surface area contributed by atoms with Gasteiger partial charge in [0.05, 0.1) is 19.2 Å². The SMILES string of the molecule is COc1cc(F)c(C2CN(CC#N)C(=O)N2)cc1F. The minimum atomic E-state index is -0.702. The van der Waals surface area contributed by atoms with Crippen LogP contribution in [0.5, 0.6) is 5.75 Å². The number of methoxy groups -OCH3 is 1. The summed E-state index contributed by atoms with van der Waals surface area (Å²) in [6.45, 7) is 0.0255. The molecule has 5 nitrogen and oxygen atoms in total. The second kappa shape index (κ2) is 5.10. The Morgan fingerprint density at radius 2 is 2.26 bits per heavy atom. The smallest absolute Gasteiger partial charge is 0.318 e. The van der Waals surface area contributed by atoms with Gasteiger partial charge in [0.25, 0.3) is 0 Å². The van der Waals surface area contributed by atoms with Crippen molar-refractivity contribution in [3.63, 3.8) is 0 Å². The molecule has 1 aliphatic heterocycles. The van der Waals surface area contributed by atoms with Crippen molar-refractivity contribution in [2.24, 2.45) is 0 Å². The first-order valence-corrected chi connectivity index (χ1v) is 5.52. The van der Waals surface area contributed by atoms with Gasteiger partial charge in [-0.1, -0.05) is 0 Å². The standard InChI is InChI=1S/C12H11F2N3O2/c1-19-11-5-8(13)7(4-9(11)14)10-6-17(3-2-15)12(18)16-10/h4-5,10H,3,6H2,1H3,(H,16,18). The molecule has 1 unspecified atom stereocenters. The molecule has 0 aromatic heterocycles. The highest BCUT2D eigenvalue weighted by molar-refractivity contribution is 5.77. The highest BCUT2D eigenvalue weighted by Crippen LogP contribution is 2.28. The summed E-state index contributed by atoms with van der Waals surface area (Å²) in [5.74, 6) is -1.56. The molecule has 1 aromatic rings. The van der Waals surface area contributed by atoms with Crippen molar-refractivity contribution in [3.05, 3.63) is 29.3 Å². The molecule has 100 valence electrons. The van der Waals surface area contributed by atoms with Gasteiger partial charge < -0.3 is 15.0 Å². The first-order valence-electron chi connectivity index (χ1n) is 5.52. The van der Waals surface area contributed by atoms with Crippen LogP contribution in [-0.2, 0) is 0 Å². The predicted molar refractivity (Wildman–Crippen MR) is 61.4 cm³/mol. The first kappa shape index (κ1) is 13.1. The molecule has 1 N–H and O–H groups in total. The van der Waals surface area contributed by atoms with Gasteiger partial charge in [0.15, 0.2) is 11.6 Å². The zero-order valence-corrected chi connectivity index (χ0v) is 10.1. The number of amides is 2. The highest BCUT2D eigenvalue weighted by atomic mass is 19.1. The summed E-state index contributed by atoms with van der Waals surface area (Å²) in [4.78, 5) is 12.7. The lowest BCUT2D eigenvalue weighted by Gasteiger charge is -2.13. The van der Waals surface area contributed by atoms with E-state index in [1.165, 1.54) is 12.0 Å². The maximum atomic E-state index is 13.8. The quantitative estimate of drug-likeness (QED) is 0.845. The van der Waals surface area contributed by atoms with Crippen LogP contribution in [0.25, 0.3) is 0 Å². The number of nitrogens with zero attached hydrogens (tertiary/aromatic N) is 2. The predicted octanol–water partition coefficient (Wildman–Crippen LogP) is 1.56. The second-order valence-electron chi connectivity index (χ2n) is 4.05. The minimum Gasteiger partial charge on any atom is -0.494 e. The second-order valence-corrected chi connectivity index (χ2v) is 4.05. The molecule has 0 spiro atoms. The Bertz CT molecular complexity index is 557. The maximum Gasteiger partial charge on any atom is 0.318 e. The summed E-state index contributed by atoms with van der Waals surface area (Å²) in [5.41, 5.74) is 0.0343. The summed E-state index contributed by atoms with van der Waals surface area (Å²) in [7, 11) is 1.24. The van der Waals surface area contributed by atoms with Crippen LogP contribution < -0.4 is 10.1 Å². The summed E-state index contributed by atoms with van der Waals surface area (Å²) in [6.07, 6.45) is 0. The Hall–Kier alpha value is -2.36. The van der Waals surface area contributed by atoms with Gasteiger partial charge in [-0.3, -0.25) is 0 Å². The number of ether oxygens (including phenoxy) is 1. The molecule has 1 saturated heterocycles. The molecule has 0 bridgehead atoms. The van der Waals surface area contributed by atoms with E-state index in [1.54, 1.807) is 0 Å². The molecule has 2 amide bonds. The van der Waals surface area contributed by atoms with E-state index in [0.29, 0.717) is 0 Å². The number of rotatable bonds is 3. The molecular formula is C12H11F2N3O2. The van der Waals surface area contributed by atoms with E-state index < -0.39 is 23.7 Å². The molecule has 1 aliphatic rings. The molecular weight excluding hydrogens is 256 g/mol. The van der Waals surface area contributed by atoms with E-state index in [0.717, 1.165) is 12.1 Å². The van der Waals surface area contributed by atoms with Crippen LogP contribution in [0.3, 0.4) is 0 Å². The van der Waals surface area contributed by atoms with Crippen molar-refractivity contribution >= 4 is 6.03 Å². The summed E-state index contributed by atoms with van der Waals surface area (Å²) < 4.78 is 32.1. The third-order valence-electron chi connectivity index (χ3n) is 2.90. The third kappa shape index (κ3) is 2.42. The number of carbonyl (C=O) groups excluding carboxylic acids is 1. The van der Waals surface area contributed by atoms with Crippen LogP contribution in [0.1, 0.15) is 11.6 Å². The molecule has 1 atom stereocenters. The zero-order valence-electron chi connectivity index (χ0n) is 10.1. The fourth-order valence-electron chi connectivity index (χ4n) is 1.95. The van der Waals surface area contributed by atoms with Gasteiger partial charge in [0.1, 0.15) is 12.4 Å². The third-order valence-corrected chi connectivity index (χ3v) is 2.90. The Morgan fingerprint density at radius 3 is 2.89 bits per heavy atom. The molecule has 19 heavy (non-hydrogen) atoms. The van der Waals surface area contributed by atoms with Crippen molar-refractivity contribution < 1.29 is 18.3 Å². The van der Waals surface area contributed by atoms with E-state index in [9.17, 15) is 13.6 Å². The van der Waals surface area contributed by atoms with Crippen LogP contribution in [0.2, 0.25) is 0 Å². The lowest BCUT2D eigenvalue weighted by Crippen LogP contribution is -2.28. The van der Waals surface area contributed by atoms with Crippen molar-refractivity contribution in [3.8, 4) is 11.8 Å². The lowest BCUT2D eigenvalue weighted by atomic mass is 10.1. The van der Waals surface area contributed by atoms with E-state index in [-0.39, 0.29) is 24.4 Å². The molecule has 1 heterocycles. The van der Waals surface area contributed by atoms with E-state index in [4.69, 9.17) is 5.26 Å². The number of carbonyl (C=O) groups is 1. The molecule has 7 heteroatoms. The number of nitrogens with one attached hydrogen (secondary N) is 1. The number of urea groups is 1. The van der Waals surface area contributed by atoms with Crippen molar-refractivity contribution in [1.82, 2.24) is 10.2 Å². The Kier molecular flexibility index (Phi) is 3.51. The Labute approximate surface area is 108 Å². The fraction of sp³-hybridized carbons (Fsp3) is 0.333. The van der Waals surface area contributed by atoms with Crippen molar-refractivity contribution in [2.45, 2.75) is 6.04 Å². The van der Waals surface area contributed by atoms with E-state index in [1.807, 2.05) is 6.07 Å². The van der Waals surface area contributed by atoms with Crippen molar-refractivity contribution in [1.29, 1.82) is 5.26 Å². The molecule has 0 aliphatic carbocycles. The van der Waals surface area contributed by atoms with Crippen LogP contribution in [0.4, 0.5) is 13.6 Å². The van der Waals surface area contributed by atoms with Gasteiger partial charge in [-0.25, -0.2) is 13.6 Å². The Morgan fingerprint density at radius 1 is 1.53 bits per heavy atom. The van der Waals surface area contributed by atoms with Crippen LogP contribution in [0, 0.1) is 23.0 Å². The monoisotopic (exact) mass is 267 g/mol. The number of nitriles is 1. The maximum absolute atomic E-state index is 13.8. The van der Waals surface area contributed by atoms with Gasteiger partial charge in [0, 0.05) is 18.2 Å². The molecule has 1 aromatic carbocycles. The largest absolute Gasteiger partial charge is 0.494 e. The summed E-state index contributed by atoms with van der Waals surface area (Å²) in [6, 6.07) is 2.61. The van der Waals surface area contributed by atoms with Crippen LogP contribution in [0.15, 0.2) is 12.1 Å². The Balaban J connectivity index is 2.27. The van der Waals surface area contributed by atoms with Crippen molar-refractivity contribution in [2.75, 3.05) is 20.2 Å². The van der Waals surface area contributed by atoms with Gasteiger partial charge in [-0.2, -0.15) is 5.26 Å². The molecule has 2 rings (SSSR count). The molecule has 0 saturated carbocycles. The zero-order chi connectivity index (χ0) is 14.0. The normalized spacial score (nSPS) is 18.1. The summed E-state index contributed by atoms with van der Waals surface area (Å²) in [5, 5.41) is 11.0. The first-order chi connectivity index (χ1) is 9.06. The van der Waals surface area contributed by atoms with E-state index in [2.05, 4.69) is 10.1 Å². The number of benzene rings is 1. The minimum absolute atomic E-state index is 0.0343. The summed E-state index contributed by atoms with van der Waals surface area (Å²) >= 11 is 0. The average molecular weight is 267 g/mol. The number of hydrogen-bond acceptors (Lipinski definition) is 3. The van der Waals surface area contributed by atoms with Gasteiger partial charge >= 0.3 is 6.03 Å². The lowest BCUT2D eigenvalue weighted by molar-refractivity contribution is 0.222. The fourth-order valence-corrected chi connectivity index (χ4v) is 1.95. The van der Waals surface area contributed by atoms with Gasteiger partial charge in [-0.05, 0) is 6.07 Å². The number of halogens is 2. The average Bonchev–Trinajstić information content (AvgIpc) is 2.73. The van der Waals surface area contributed by atoms with Gasteiger partial charge in [-0.15, -0.1) is 0 Å². The van der Waals surface area contributed by atoms with E-state index >= 15 is 0 Å². The highest BCUT2D eigenvalue weighted by Gasteiger charge is 2.31. The van der Waals surface area contributed by atoms with Gasteiger partial charge in [0.2, 0.25) is 0 Å². The molecule has 0 radical (unpaired) electrons. The number of hydrogen-bond donors (Lipinski definition) is 1. The van der Waals surface area contributed by atoms with Crippen LogP contribution >= 0.6 is 0 Å². The topological polar surface area (TPSA) is 65.4 Å². The van der Waals surface area contributed by atoms with Crippen LogP contribution in [-0.4, -0.2) is 31.1 Å².